The third-order valence-corrected chi connectivity index (χ3v) is 8.78. The Balaban J connectivity index is 1.89. The molecule has 174 valence electrons. The van der Waals surface area contributed by atoms with Gasteiger partial charge in [0.05, 0.1) is 19.2 Å². The number of fused-ring (bicyclic) bond motifs is 1. The fraction of sp³-hybridized carbons (Fsp3) is 0.455. The van der Waals surface area contributed by atoms with Gasteiger partial charge in [0, 0.05) is 30.0 Å². The number of halogens is 1. The van der Waals surface area contributed by atoms with E-state index >= 15 is 0 Å². The van der Waals surface area contributed by atoms with Gasteiger partial charge < -0.3 is 9.64 Å². The van der Waals surface area contributed by atoms with Gasteiger partial charge in [0.25, 0.3) is 10.0 Å². The first-order chi connectivity index (χ1) is 15.2. The van der Waals surface area contributed by atoms with Crippen LogP contribution in [0.3, 0.4) is 0 Å². The highest BCUT2D eigenvalue weighted by Gasteiger charge is 2.35. The first-order valence-electron chi connectivity index (χ1n) is 10.4. The zero-order valence-electron chi connectivity index (χ0n) is 18.3. The van der Waals surface area contributed by atoms with Crippen molar-refractivity contribution < 1.29 is 27.1 Å². The Morgan fingerprint density at radius 2 is 2.03 bits per heavy atom. The molecule has 3 rings (SSSR count). The summed E-state index contributed by atoms with van der Waals surface area (Å²) in [6, 6.07) is 5.86. The summed E-state index contributed by atoms with van der Waals surface area (Å²) in [6.45, 7) is 4.45. The Bertz CT molecular complexity index is 1110. The SMILES string of the molecule is CC[C@@H](C)CC(=O)N1CCc2c(sc(S(=O)(=O)NCc3ccccc3F)c2C(=O)OC)C1. The molecule has 0 unspecified atom stereocenters. The molecule has 1 aromatic heterocycles. The molecule has 2 heterocycles. The van der Waals surface area contributed by atoms with Gasteiger partial charge in [-0.3, -0.25) is 4.79 Å². The number of carbonyl (C=O) groups excluding carboxylic acids is 2. The zero-order valence-corrected chi connectivity index (χ0v) is 19.9. The van der Waals surface area contributed by atoms with Gasteiger partial charge in [-0.2, -0.15) is 0 Å². The number of sulfonamides is 1. The lowest BCUT2D eigenvalue weighted by atomic mass is 10.0. The summed E-state index contributed by atoms with van der Waals surface area (Å²) < 4.78 is 47.1. The summed E-state index contributed by atoms with van der Waals surface area (Å²) in [7, 11) is -2.92. The van der Waals surface area contributed by atoms with E-state index in [1.165, 1.54) is 25.3 Å². The van der Waals surface area contributed by atoms with E-state index in [0.717, 1.165) is 17.8 Å². The number of esters is 1. The Labute approximate surface area is 191 Å². The molecule has 1 atom stereocenters. The van der Waals surface area contributed by atoms with E-state index in [-0.39, 0.29) is 40.3 Å². The van der Waals surface area contributed by atoms with Gasteiger partial charge in [0.1, 0.15) is 10.0 Å². The van der Waals surface area contributed by atoms with E-state index in [9.17, 15) is 22.4 Å². The molecule has 10 heteroatoms. The lowest BCUT2D eigenvalue weighted by Crippen LogP contribution is -2.36. The standard InChI is InChI=1S/C22H27FN2O5S2/c1-4-14(2)11-19(26)25-10-9-16-18(13-25)31-22(20(16)21(27)30-3)32(28,29)24-12-15-7-5-6-8-17(15)23/h5-8,14,24H,4,9-13H2,1-3H3/t14-/m1/s1. The Morgan fingerprint density at radius 1 is 1.31 bits per heavy atom. The van der Waals surface area contributed by atoms with E-state index in [2.05, 4.69) is 4.72 Å². The van der Waals surface area contributed by atoms with Crippen molar-refractivity contribution in [3.63, 3.8) is 0 Å². The third-order valence-electron chi connectivity index (χ3n) is 5.64. The van der Waals surface area contributed by atoms with Crippen LogP contribution in [-0.2, 0) is 39.1 Å². The second-order valence-corrected chi connectivity index (χ2v) is 10.9. The Morgan fingerprint density at radius 3 is 2.69 bits per heavy atom. The molecule has 1 N–H and O–H groups in total. The minimum absolute atomic E-state index is 0.00237. The van der Waals surface area contributed by atoms with Crippen LogP contribution in [0.5, 0.6) is 0 Å². The highest BCUT2D eigenvalue weighted by Crippen LogP contribution is 2.37. The quantitative estimate of drug-likeness (QED) is 0.582. The van der Waals surface area contributed by atoms with Crippen LogP contribution in [0.25, 0.3) is 0 Å². The van der Waals surface area contributed by atoms with Crippen molar-refractivity contribution in [1.82, 2.24) is 9.62 Å². The third kappa shape index (κ3) is 5.19. The maximum atomic E-state index is 13.9. The van der Waals surface area contributed by atoms with Gasteiger partial charge in [-0.05, 0) is 24.0 Å². The number of ether oxygens (including phenoxy) is 1. The number of hydrogen-bond donors (Lipinski definition) is 1. The molecule has 0 saturated heterocycles. The molecule has 7 nitrogen and oxygen atoms in total. The average Bonchev–Trinajstić information content (AvgIpc) is 3.17. The fourth-order valence-corrected chi connectivity index (χ4v) is 6.49. The monoisotopic (exact) mass is 482 g/mol. The van der Waals surface area contributed by atoms with Crippen molar-refractivity contribution in [2.45, 2.75) is 50.4 Å². The molecule has 0 radical (unpaired) electrons. The van der Waals surface area contributed by atoms with E-state index in [1.54, 1.807) is 11.0 Å². The summed E-state index contributed by atoms with van der Waals surface area (Å²) in [5.74, 6) is -0.992. The summed E-state index contributed by atoms with van der Waals surface area (Å²) in [6.07, 6.45) is 1.69. The lowest BCUT2D eigenvalue weighted by molar-refractivity contribution is -0.133. The minimum atomic E-state index is -4.12. The van der Waals surface area contributed by atoms with E-state index in [0.29, 0.717) is 29.8 Å². The van der Waals surface area contributed by atoms with Crippen LogP contribution in [0.4, 0.5) is 4.39 Å². The first-order valence-corrected chi connectivity index (χ1v) is 12.7. The Kier molecular flexibility index (Phi) is 7.68. The molecule has 0 aliphatic carbocycles. The molecule has 1 aliphatic rings. The molecule has 1 aliphatic heterocycles. The minimum Gasteiger partial charge on any atom is -0.465 e. The number of nitrogens with one attached hydrogen (secondary N) is 1. The number of amides is 1. The molecule has 0 spiro atoms. The molecule has 2 aromatic rings. The number of carbonyl (C=O) groups is 2. The molecular formula is C22H27FN2O5S2. The number of rotatable bonds is 8. The van der Waals surface area contributed by atoms with Crippen molar-refractivity contribution in [1.29, 1.82) is 0 Å². The van der Waals surface area contributed by atoms with E-state index in [1.807, 2.05) is 13.8 Å². The van der Waals surface area contributed by atoms with Crippen molar-refractivity contribution in [2.24, 2.45) is 5.92 Å². The summed E-state index contributed by atoms with van der Waals surface area (Å²) in [5.41, 5.74) is 0.794. The predicted molar refractivity (Wildman–Crippen MR) is 119 cm³/mol. The van der Waals surface area contributed by atoms with Gasteiger partial charge in [0.15, 0.2) is 0 Å². The van der Waals surface area contributed by atoms with Crippen LogP contribution in [0.15, 0.2) is 28.5 Å². The van der Waals surface area contributed by atoms with Crippen molar-refractivity contribution in [3.8, 4) is 0 Å². The zero-order chi connectivity index (χ0) is 23.5. The van der Waals surface area contributed by atoms with Gasteiger partial charge in [-0.25, -0.2) is 22.3 Å². The fourth-order valence-electron chi connectivity index (χ4n) is 3.54. The molecule has 0 fully saturated rings. The number of nitrogens with zero attached hydrogens (tertiary/aromatic N) is 1. The van der Waals surface area contributed by atoms with Crippen LogP contribution < -0.4 is 4.72 Å². The predicted octanol–water partition coefficient (Wildman–Crippen LogP) is 3.47. The summed E-state index contributed by atoms with van der Waals surface area (Å²) in [5, 5.41) is 0. The molecule has 1 aromatic carbocycles. The summed E-state index contributed by atoms with van der Waals surface area (Å²) in [4.78, 5) is 27.5. The van der Waals surface area contributed by atoms with Crippen LogP contribution in [0, 0.1) is 11.7 Å². The highest BCUT2D eigenvalue weighted by atomic mass is 32.2. The van der Waals surface area contributed by atoms with Crippen molar-refractivity contribution in [3.05, 3.63) is 51.7 Å². The number of hydrogen-bond acceptors (Lipinski definition) is 6. The number of methoxy groups -OCH3 is 1. The van der Waals surface area contributed by atoms with Gasteiger partial charge >= 0.3 is 5.97 Å². The van der Waals surface area contributed by atoms with Crippen LogP contribution in [0.1, 0.15) is 53.1 Å². The lowest BCUT2D eigenvalue weighted by Gasteiger charge is -2.28. The second kappa shape index (κ2) is 10.1. The van der Waals surface area contributed by atoms with Crippen LogP contribution in [0.2, 0.25) is 0 Å². The largest absolute Gasteiger partial charge is 0.465 e. The topological polar surface area (TPSA) is 92.8 Å². The average molecular weight is 483 g/mol. The molecule has 0 saturated carbocycles. The summed E-state index contributed by atoms with van der Waals surface area (Å²) >= 11 is 0.959. The normalized spacial score (nSPS) is 14.7. The van der Waals surface area contributed by atoms with Crippen molar-refractivity contribution >= 4 is 33.2 Å². The van der Waals surface area contributed by atoms with Gasteiger partial charge in [0.2, 0.25) is 5.91 Å². The van der Waals surface area contributed by atoms with Crippen molar-refractivity contribution in [2.75, 3.05) is 13.7 Å². The van der Waals surface area contributed by atoms with Gasteiger partial charge in [-0.15, -0.1) is 11.3 Å². The second-order valence-electron chi connectivity index (χ2n) is 7.86. The first kappa shape index (κ1) is 24.3. The van der Waals surface area contributed by atoms with E-state index < -0.39 is 21.8 Å². The van der Waals surface area contributed by atoms with E-state index in [4.69, 9.17) is 4.74 Å². The molecular weight excluding hydrogens is 455 g/mol. The number of benzene rings is 1. The molecule has 1 amide bonds. The smallest absolute Gasteiger partial charge is 0.340 e. The number of thiophene rings is 1. The molecule has 32 heavy (non-hydrogen) atoms. The van der Waals surface area contributed by atoms with Gasteiger partial charge in [-0.1, -0.05) is 38.5 Å². The Hall–Kier alpha value is -2.30. The molecule has 0 bridgehead atoms. The highest BCUT2D eigenvalue weighted by molar-refractivity contribution is 7.91. The van der Waals surface area contributed by atoms with Crippen LogP contribution in [-0.4, -0.2) is 38.8 Å². The van der Waals surface area contributed by atoms with Crippen LogP contribution >= 0.6 is 11.3 Å². The maximum absolute atomic E-state index is 13.9. The maximum Gasteiger partial charge on any atom is 0.340 e.